The molecule has 1 aromatic carbocycles. The van der Waals surface area contributed by atoms with Crippen molar-refractivity contribution in [2.45, 2.75) is 33.1 Å². The van der Waals surface area contributed by atoms with Gasteiger partial charge in [-0.15, -0.1) is 0 Å². The summed E-state index contributed by atoms with van der Waals surface area (Å²) >= 11 is 0. The number of aromatic nitrogens is 1. The molecule has 0 amide bonds. The Labute approximate surface area is 178 Å². The molecule has 1 heterocycles. The zero-order valence-corrected chi connectivity index (χ0v) is 18.0. The molecule has 6 nitrogen and oxygen atoms in total. The van der Waals surface area contributed by atoms with Gasteiger partial charge in [0, 0.05) is 58.7 Å². The number of pyridine rings is 1. The number of rotatable bonds is 7. The van der Waals surface area contributed by atoms with Crippen LogP contribution in [0.25, 0.3) is 22.9 Å². The monoisotopic (exact) mass is 405 g/mol. The van der Waals surface area contributed by atoms with Crippen LogP contribution in [0.15, 0.2) is 47.4 Å². The van der Waals surface area contributed by atoms with E-state index in [1.165, 1.54) is 26.4 Å². The predicted molar refractivity (Wildman–Crippen MR) is 125 cm³/mol. The van der Waals surface area contributed by atoms with Gasteiger partial charge in [0.05, 0.1) is 12.8 Å². The van der Waals surface area contributed by atoms with Crippen LogP contribution in [0.4, 0.5) is 5.69 Å². The van der Waals surface area contributed by atoms with Gasteiger partial charge in [0.15, 0.2) is 5.88 Å². The van der Waals surface area contributed by atoms with Gasteiger partial charge in [-0.3, -0.25) is 9.98 Å². The Morgan fingerprint density at radius 1 is 1.27 bits per heavy atom. The molecule has 1 aliphatic rings. The average Bonchev–Trinajstić information content (AvgIpc) is 2.71. The van der Waals surface area contributed by atoms with E-state index in [0.29, 0.717) is 17.0 Å². The molecule has 6 heteroatoms. The first kappa shape index (κ1) is 21.4. The first-order chi connectivity index (χ1) is 14.3. The molecule has 0 bridgehead atoms. The van der Waals surface area contributed by atoms with E-state index in [1.807, 2.05) is 43.5 Å². The number of aryl methyl sites for hydroxylation is 1. The molecule has 0 atom stereocenters. The van der Waals surface area contributed by atoms with Crippen LogP contribution >= 0.6 is 0 Å². The second-order valence-corrected chi connectivity index (χ2v) is 8.20. The number of allylic oxidation sites excluding steroid dienone is 1. The maximum absolute atomic E-state index is 6.26. The third kappa shape index (κ3) is 4.82. The van der Waals surface area contributed by atoms with Gasteiger partial charge in [-0.25, -0.2) is 0 Å². The zero-order chi connectivity index (χ0) is 21.7. The van der Waals surface area contributed by atoms with Gasteiger partial charge in [0.1, 0.15) is 0 Å². The number of benzene rings is 1. The molecular formula is C24H31N5O. The van der Waals surface area contributed by atoms with Crippen LogP contribution in [0.2, 0.25) is 0 Å². The highest BCUT2D eigenvalue weighted by Gasteiger charge is 2.30. The average molecular weight is 406 g/mol. The largest absolute Gasteiger partial charge is 0.483 e. The third-order valence-corrected chi connectivity index (χ3v) is 5.68. The molecule has 0 unspecified atom stereocenters. The summed E-state index contributed by atoms with van der Waals surface area (Å²) in [6.45, 7) is 5.06. The minimum Gasteiger partial charge on any atom is -0.483 e. The summed E-state index contributed by atoms with van der Waals surface area (Å²) in [5.74, 6) is 0.300. The fourth-order valence-electron chi connectivity index (χ4n) is 3.58. The third-order valence-electron chi connectivity index (χ3n) is 5.68. The van der Waals surface area contributed by atoms with Gasteiger partial charge in [-0.05, 0) is 37.3 Å². The van der Waals surface area contributed by atoms with E-state index in [0.717, 1.165) is 40.2 Å². The normalized spacial score (nSPS) is 16.5. The molecule has 0 saturated heterocycles. The molecule has 1 aromatic heterocycles. The summed E-state index contributed by atoms with van der Waals surface area (Å²) in [6.07, 6.45) is 8.90. The lowest BCUT2D eigenvalue weighted by Crippen LogP contribution is -2.28. The van der Waals surface area contributed by atoms with Crippen molar-refractivity contribution in [3.8, 4) is 11.3 Å². The second-order valence-electron chi connectivity index (χ2n) is 8.20. The van der Waals surface area contributed by atoms with Gasteiger partial charge in [-0.2, -0.15) is 0 Å². The van der Waals surface area contributed by atoms with Crippen molar-refractivity contribution >= 4 is 23.6 Å². The van der Waals surface area contributed by atoms with E-state index < -0.39 is 0 Å². The summed E-state index contributed by atoms with van der Waals surface area (Å²) in [5, 5.41) is 0. The Morgan fingerprint density at radius 3 is 2.63 bits per heavy atom. The number of ether oxygens (including phenoxy) is 1. The number of nitrogens with zero attached hydrogens (tertiary/aromatic N) is 2. The molecule has 30 heavy (non-hydrogen) atoms. The molecule has 1 fully saturated rings. The highest BCUT2D eigenvalue weighted by molar-refractivity contribution is 6.11. The molecule has 158 valence electrons. The SMILES string of the molecule is CO/C(N)=C/c1ccc(-c2nc(C)ccc2/C(C=NCC2(C)CCC2)=C/N)cc1N. The molecule has 1 aliphatic carbocycles. The van der Waals surface area contributed by atoms with Crippen LogP contribution in [-0.2, 0) is 4.74 Å². The lowest BCUT2D eigenvalue weighted by molar-refractivity contribution is 0.174. The zero-order valence-electron chi connectivity index (χ0n) is 18.0. The Kier molecular flexibility index (Phi) is 6.45. The van der Waals surface area contributed by atoms with Crippen LogP contribution in [-0.4, -0.2) is 24.9 Å². The van der Waals surface area contributed by atoms with Crippen LogP contribution < -0.4 is 17.2 Å². The van der Waals surface area contributed by atoms with Crippen molar-refractivity contribution in [1.82, 2.24) is 4.98 Å². The van der Waals surface area contributed by atoms with Crippen LogP contribution in [0.1, 0.15) is 43.0 Å². The van der Waals surface area contributed by atoms with E-state index in [2.05, 4.69) is 11.9 Å². The second kappa shape index (κ2) is 9.03. The molecule has 2 aromatic rings. The number of aliphatic imine (C=N–C) groups is 1. The lowest BCUT2D eigenvalue weighted by atomic mass is 9.70. The first-order valence-corrected chi connectivity index (χ1v) is 10.2. The Morgan fingerprint density at radius 2 is 2.03 bits per heavy atom. The van der Waals surface area contributed by atoms with Crippen molar-refractivity contribution in [1.29, 1.82) is 0 Å². The van der Waals surface area contributed by atoms with Crippen molar-refractivity contribution in [2.24, 2.45) is 21.9 Å². The fraction of sp³-hybridized carbons (Fsp3) is 0.333. The van der Waals surface area contributed by atoms with E-state index in [-0.39, 0.29) is 0 Å². The van der Waals surface area contributed by atoms with Crippen molar-refractivity contribution < 1.29 is 4.74 Å². The molecular weight excluding hydrogens is 374 g/mol. The smallest absolute Gasteiger partial charge is 0.184 e. The number of nitrogens with two attached hydrogens (primary N) is 3. The minimum absolute atomic E-state index is 0.300. The maximum Gasteiger partial charge on any atom is 0.184 e. The summed E-state index contributed by atoms with van der Waals surface area (Å²) in [5.41, 5.74) is 24.1. The number of hydrogen-bond acceptors (Lipinski definition) is 6. The van der Waals surface area contributed by atoms with Crippen LogP contribution in [0.3, 0.4) is 0 Å². The molecule has 0 aliphatic heterocycles. The van der Waals surface area contributed by atoms with Gasteiger partial charge in [0.25, 0.3) is 0 Å². The number of hydrogen-bond donors (Lipinski definition) is 3. The Balaban J connectivity index is 1.95. The summed E-state index contributed by atoms with van der Waals surface area (Å²) in [7, 11) is 1.52. The summed E-state index contributed by atoms with van der Waals surface area (Å²) in [6, 6.07) is 9.77. The van der Waals surface area contributed by atoms with E-state index >= 15 is 0 Å². The quantitative estimate of drug-likeness (QED) is 0.365. The molecule has 3 rings (SSSR count). The van der Waals surface area contributed by atoms with Crippen molar-refractivity contribution in [2.75, 3.05) is 19.4 Å². The standard InChI is InChI=1S/C24H31N5O/c1-16-5-8-20(19(13-25)14-28-15-24(2)9-4-10-24)23(29-16)18-7-6-17(21(26)11-18)12-22(27)30-3/h5-8,11-14H,4,9-10,15,25-27H2,1-3H3/b19-13+,22-12+,28-14?. The maximum atomic E-state index is 6.26. The highest BCUT2D eigenvalue weighted by atomic mass is 16.5. The molecule has 6 N–H and O–H groups in total. The summed E-state index contributed by atoms with van der Waals surface area (Å²) in [4.78, 5) is 9.45. The Bertz CT molecular complexity index is 1000. The van der Waals surface area contributed by atoms with Gasteiger partial charge >= 0.3 is 0 Å². The molecule has 0 spiro atoms. The van der Waals surface area contributed by atoms with Crippen molar-refractivity contribution in [3.05, 3.63) is 59.2 Å². The van der Waals surface area contributed by atoms with Crippen LogP contribution in [0, 0.1) is 12.3 Å². The first-order valence-electron chi connectivity index (χ1n) is 10.2. The van der Waals surface area contributed by atoms with Crippen LogP contribution in [0.5, 0.6) is 0 Å². The topological polar surface area (TPSA) is 113 Å². The van der Waals surface area contributed by atoms with Gasteiger partial charge in [-0.1, -0.05) is 31.5 Å². The van der Waals surface area contributed by atoms with Crippen molar-refractivity contribution in [3.63, 3.8) is 0 Å². The Hall–Kier alpha value is -3.28. The lowest BCUT2D eigenvalue weighted by Gasteiger charge is -2.36. The number of anilines is 1. The predicted octanol–water partition coefficient (Wildman–Crippen LogP) is 4.10. The van der Waals surface area contributed by atoms with E-state index in [4.69, 9.17) is 26.9 Å². The fourth-order valence-corrected chi connectivity index (χ4v) is 3.58. The van der Waals surface area contributed by atoms with E-state index in [1.54, 1.807) is 12.3 Å². The summed E-state index contributed by atoms with van der Waals surface area (Å²) < 4.78 is 5.01. The minimum atomic E-state index is 0.300. The van der Waals surface area contributed by atoms with Gasteiger partial charge < -0.3 is 21.9 Å². The van der Waals surface area contributed by atoms with E-state index in [9.17, 15) is 0 Å². The molecule has 1 saturated carbocycles. The number of nitrogen functional groups attached to an aromatic ring is 1. The van der Waals surface area contributed by atoms with Gasteiger partial charge in [0.2, 0.25) is 0 Å². The molecule has 0 radical (unpaired) electrons. The number of methoxy groups -OCH3 is 1. The highest BCUT2D eigenvalue weighted by Crippen LogP contribution is 2.40.